The molecule has 0 heterocycles. The third kappa shape index (κ3) is 4.54. The minimum absolute atomic E-state index is 0.394. The van der Waals surface area contributed by atoms with E-state index >= 15 is 0 Å². The molecule has 0 bridgehead atoms. The zero-order valence-electron chi connectivity index (χ0n) is 12.7. The van der Waals surface area contributed by atoms with Crippen molar-refractivity contribution in [3.8, 4) is 5.75 Å². The summed E-state index contributed by atoms with van der Waals surface area (Å²) in [4.78, 5) is 0. The second-order valence-corrected chi connectivity index (χ2v) is 6.90. The highest BCUT2D eigenvalue weighted by Crippen LogP contribution is 2.27. The number of hydrogen-bond donors (Lipinski definition) is 1. The average molecular weight is 261 g/mol. The van der Waals surface area contributed by atoms with Crippen LogP contribution in [0, 0.1) is 5.41 Å². The van der Waals surface area contributed by atoms with E-state index in [-0.39, 0.29) is 0 Å². The molecule has 1 fully saturated rings. The van der Waals surface area contributed by atoms with Gasteiger partial charge in [0.2, 0.25) is 0 Å². The Morgan fingerprint density at radius 2 is 2.00 bits per heavy atom. The number of hydrogen-bond acceptors (Lipinski definition) is 2. The highest BCUT2D eigenvalue weighted by atomic mass is 16.5. The lowest BCUT2D eigenvalue weighted by atomic mass is 9.88. The van der Waals surface area contributed by atoms with Crippen LogP contribution in [0.4, 0.5) is 0 Å². The molecule has 19 heavy (non-hydrogen) atoms. The molecule has 106 valence electrons. The lowest BCUT2D eigenvalue weighted by Gasteiger charge is -2.35. The number of rotatable bonds is 5. The maximum atomic E-state index is 6.01. The molecule has 1 aromatic rings. The monoisotopic (exact) mass is 261 g/mol. The van der Waals surface area contributed by atoms with Crippen LogP contribution in [0.3, 0.4) is 0 Å². The van der Waals surface area contributed by atoms with Crippen LogP contribution in [0.2, 0.25) is 0 Å². The summed E-state index contributed by atoms with van der Waals surface area (Å²) in [6, 6.07) is 9.25. The summed E-state index contributed by atoms with van der Waals surface area (Å²) in [5.41, 5.74) is 1.78. The molecule has 0 aliphatic heterocycles. The van der Waals surface area contributed by atoms with Crippen LogP contribution in [0.15, 0.2) is 24.3 Å². The first-order valence-electron chi connectivity index (χ1n) is 7.39. The van der Waals surface area contributed by atoms with E-state index in [1.165, 1.54) is 12.0 Å². The molecule has 0 saturated heterocycles. The van der Waals surface area contributed by atoms with Gasteiger partial charge in [0.05, 0.1) is 0 Å². The van der Waals surface area contributed by atoms with E-state index in [1.807, 2.05) is 7.05 Å². The molecule has 2 nitrogen and oxygen atoms in total. The fourth-order valence-electron chi connectivity index (χ4n) is 2.38. The van der Waals surface area contributed by atoms with Crippen molar-refractivity contribution in [3.63, 3.8) is 0 Å². The highest BCUT2D eigenvalue weighted by Gasteiger charge is 2.29. The number of ether oxygens (including phenoxy) is 1. The predicted molar refractivity (Wildman–Crippen MR) is 80.7 cm³/mol. The van der Waals surface area contributed by atoms with Gasteiger partial charge in [0.1, 0.15) is 11.9 Å². The summed E-state index contributed by atoms with van der Waals surface area (Å²) in [5, 5.41) is 3.29. The molecular weight excluding hydrogens is 234 g/mol. The SMILES string of the molecule is CN[C@H]1C[C@H](Oc2cccc(CCC(C)(C)C)c2)C1. The van der Waals surface area contributed by atoms with Crippen LogP contribution in [0.5, 0.6) is 5.75 Å². The lowest BCUT2D eigenvalue weighted by molar-refractivity contribution is 0.0884. The van der Waals surface area contributed by atoms with Crippen LogP contribution >= 0.6 is 0 Å². The zero-order valence-corrected chi connectivity index (χ0v) is 12.7. The van der Waals surface area contributed by atoms with Crippen LogP contribution < -0.4 is 10.1 Å². The Hall–Kier alpha value is -1.02. The fraction of sp³-hybridized carbons (Fsp3) is 0.647. The standard InChI is InChI=1S/C17H27NO/c1-17(2,3)9-8-13-6-5-7-15(10-13)19-16-11-14(12-16)18-4/h5-7,10,14,16,18H,8-9,11-12H2,1-4H3/t14-,16-. The molecule has 1 aliphatic carbocycles. The molecule has 0 aromatic heterocycles. The Labute approximate surface area is 117 Å². The maximum absolute atomic E-state index is 6.01. The summed E-state index contributed by atoms with van der Waals surface area (Å²) in [6.45, 7) is 6.87. The first-order chi connectivity index (χ1) is 8.96. The van der Waals surface area contributed by atoms with Crippen molar-refractivity contribution in [2.75, 3.05) is 7.05 Å². The van der Waals surface area contributed by atoms with Gasteiger partial charge in [-0.05, 0) is 55.8 Å². The number of aryl methyl sites for hydroxylation is 1. The predicted octanol–water partition coefficient (Wildman–Crippen LogP) is 3.79. The van der Waals surface area contributed by atoms with Gasteiger partial charge in [-0.1, -0.05) is 32.9 Å². The highest BCUT2D eigenvalue weighted by molar-refractivity contribution is 5.29. The zero-order chi connectivity index (χ0) is 13.9. The molecule has 0 radical (unpaired) electrons. The minimum atomic E-state index is 0.394. The Kier molecular flexibility index (Phi) is 4.51. The van der Waals surface area contributed by atoms with Gasteiger partial charge in [-0.25, -0.2) is 0 Å². The van der Waals surface area contributed by atoms with E-state index in [2.05, 4.69) is 50.4 Å². The van der Waals surface area contributed by atoms with Crippen molar-refractivity contribution in [2.24, 2.45) is 5.41 Å². The van der Waals surface area contributed by atoms with Gasteiger partial charge >= 0.3 is 0 Å². The molecule has 1 aliphatic rings. The van der Waals surface area contributed by atoms with Crippen molar-refractivity contribution >= 4 is 0 Å². The molecule has 0 unspecified atom stereocenters. The van der Waals surface area contributed by atoms with Crippen LogP contribution in [-0.2, 0) is 6.42 Å². The molecule has 0 spiro atoms. The van der Waals surface area contributed by atoms with Gasteiger partial charge < -0.3 is 10.1 Å². The minimum Gasteiger partial charge on any atom is -0.490 e. The topological polar surface area (TPSA) is 21.3 Å². The van der Waals surface area contributed by atoms with Gasteiger partial charge in [0.25, 0.3) is 0 Å². The second kappa shape index (κ2) is 5.96. The van der Waals surface area contributed by atoms with Crippen LogP contribution in [0.1, 0.15) is 45.6 Å². The molecule has 2 heteroatoms. The van der Waals surface area contributed by atoms with Crippen molar-refractivity contribution < 1.29 is 4.74 Å². The summed E-state index contributed by atoms with van der Waals surface area (Å²) in [7, 11) is 2.02. The molecule has 0 atom stereocenters. The molecule has 1 N–H and O–H groups in total. The third-order valence-corrected chi connectivity index (χ3v) is 3.87. The molecule has 1 aromatic carbocycles. The van der Waals surface area contributed by atoms with Crippen LogP contribution in [-0.4, -0.2) is 19.2 Å². The van der Waals surface area contributed by atoms with E-state index in [0.29, 0.717) is 17.6 Å². The van der Waals surface area contributed by atoms with Gasteiger partial charge in [0.15, 0.2) is 0 Å². The quantitative estimate of drug-likeness (QED) is 0.870. The van der Waals surface area contributed by atoms with Gasteiger partial charge in [-0.3, -0.25) is 0 Å². The molecular formula is C17H27NO. The van der Waals surface area contributed by atoms with E-state index in [1.54, 1.807) is 0 Å². The summed E-state index contributed by atoms with van der Waals surface area (Å²) < 4.78 is 6.01. The second-order valence-electron chi connectivity index (χ2n) is 6.90. The van der Waals surface area contributed by atoms with Crippen LogP contribution in [0.25, 0.3) is 0 Å². The van der Waals surface area contributed by atoms with E-state index < -0.39 is 0 Å². The third-order valence-electron chi connectivity index (χ3n) is 3.87. The smallest absolute Gasteiger partial charge is 0.119 e. The molecule has 1 saturated carbocycles. The van der Waals surface area contributed by atoms with Crippen molar-refractivity contribution in [3.05, 3.63) is 29.8 Å². The van der Waals surface area contributed by atoms with Gasteiger partial charge in [-0.2, -0.15) is 0 Å². The lowest BCUT2D eigenvalue weighted by Crippen LogP contribution is -2.45. The Bertz CT molecular complexity index is 402. The number of benzene rings is 1. The van der Waals surface area contributed by atoms with Crippen molar-refractivity contribution in [1.82, 2.24) is 5.32 Å². The Morgan fingerprint density at radius 1 is 1.26 bits per heavy atom. The largest absolute Gasteiger partial charge is 0.490 e. The Balaban J connectivity index is 1.85. The van der Waals surface area contributed by atoms with E-state index in [9.17, 15) is 0 Å². The Morgan fingerprint density at radius 3 is 2.63 bits per heavy atom. The fourth-order valence-corrected chi connectivity index (χ4v) is 2.38. The summed E-state index contributed by atoms with van der Waals surface area (Å²) in [5.74, 6) is 1.03. The van der Waals surface area contributed by atoms with E-state index in [0.717, 1.165) is 25.0 Å². The maximum Gasteiger partial charge on any atom is 0.119 e. The summed E-state index contributed by atoms with van der Waals surface area (Å²) in [6.07, 6.45) is 4.99. The van der Waals surface area contributed by atoms with Crippen molar-refractivity contribution in [2.45, 2.75) is 58.6 Å². The normalized spacial score (nSPS) is 22.9. The van der Waals surface area contributed by atoms with E-state index in [4.69, 9.17) is 4.74 Å². The molecule has 2 rings (SSSR count). The number of nitrogens with one attached hydrogen (secondary N) is 1. The van der Waals surface area contributed by atoms with Gasteiger partial charge in [0, 0.05) is 6.04 Å². The van der Waals surface area contributed by atoms with Gasteiger partial charge in [-0.15, -0.1) is 0 Å². The van der Waals surface area contributed by atoms with Crippen molar-refractivity contribution in [1.29, 1.82) is 0 Å². The average Bonchev–Trinajstić information content (AvgIpc) is 2.30. The molecule has 0 amide bonds. The first-order valence-corrected chi connectivity index (χ1v) is 7.39. The first kappa shape index (κ1) is 14.4. The summed E-state index contributed by atoms with van der Waals surface area (Å²) >= 11 is 0.